The van der Waals surface area contributed by atoms with E-state index >= 15 is 0 Å². The third-order valence-corrected chi connectivity index (χ3v) is 0.816. The minimum absolute atomic E-state index is 0.192. The van der Waals surface area contributed by atoms with Crippen LogP contribution in [0.4, 0.5) is 0 Å². The Morgan fingerprint density at radius 2 is 2.33 bits per heavy atom. The van der Waals surface area contributed by atoms with E-state index in [1.165, 1.54) is 18.6 Å². The molecule has 0 saturated carbocycles. The number of carbonyl (C=O) groups excluding carboxylic acids is 1. The van der Waals surface area contributed by atoms with Gasteiger partial charge in [-0.05, 0) is 0 Å². The molecule has 0 unspecified atom stereocenters. The smallest absolute Gasteiger partial charge is 0.268 e. The van der Waals surface area contributed by atoms with Gasteiger partial charge in [-0.25, -0.2) is 4.98 Å². The molecule has 0 aromatic carbocycles. The summed E-state index contributed by atoms with van der Waals surface area (Å²) in [5, 5.41) is 0. The fraction of sp³-hybridized carbons (Fsp3) is 0. The minimum Gasteiger partial charge on any atom is -0.364 e. The predicted octanol–water partition coefficient (Wildman–Crippen LogP) is -0.425. The maximum Gasteiger partial charge on any atom is 0.268 e. The van der Waals surface area contributed by atoms with Crippen LogP contribution in [0.3, 0.4) is 0 Å². The zero-order valence-corrected chi connectivity index (χ0v) is 4.61. The van der Waals surface area contributed by atoms with E-state index in [2.05, 4.69) is 9.97 Å². The van der Waals surface area contributed by atoms with Crippen molar-refractivity contribution in [3.63, 3.8) is 0 Å². The summed E-state index contributed by atoms with van der Waals surface area (Å²) in [5.41, 5.74) is 5.06. The maximum atomic E-state index is 10.3. The molecule has 1 aromatic rings. The largest absolute Gasteiger partial charge is 0.364 e. The van der Waals surface area contributed by atoms with Crippen LogP contribution < -0.4 is 5.73 Å². The summed E-state index contributed by atoms with van der Waals surface area (Å²) in [7, 11) is 0. The number of nitrogens with zero attached hydrogens (tertiary/aromatic N) is 2. The summed E-state index contributed by atoms with van der Waals surface area (Å²) in [5.74, 6) is -0.553. The van der Waals surface area contributed by atoms with Crippen molar-refractivity contribution in [1.29, 1.82) is 0 Å². The SMILES string of the molecule is N[11C](=O)c1cnccn1. The van der Waals surface area contributed by atoms with Gasteiger partial charge < -0.3 is 5.73 Å². The van der Waals surface area contributed by atoms with Gasteiger partial charge in [0, 0.05) is 12.4 Å². The molecule has 0 spiro atoms. The van der Waals surface area contributed by atoms with Gasteiger partial charge in [0.15, 0.2) is 0 Å². The summed E-state index contributed by atoms with van der Waals surface area (Å²) in [6, 6.07) is 0. The van der Waals surface area contributed by atoms with Crippen molar-refractivity contribution in [2.45, 2.75) is 0 Å². The zero-order valence-electron chi connectivity index (χ0n) is 4.61. The van der Waals surface area contributed by atoms with Gasteiger partial charge in [-0.1, -0.05) is 0 Å². The third-order valence-electron chi connectivity index (χ3n) is 0.816. The van der Waals surface area contributed by atoms with Crippen LogP contribution in [0.5, 0.6) is 0 Å². The van der Waals surface area contributed by atoms with E-state index < -0.39 is 5.91 Å². The lowest BCUT2D eigenvalue weighted by molar-refractivity contribution is 0.0995. The molecule has 9 heavy (non-hydrogen) atoms. The van der Waals surface area contributed by atoms with Crippen LogP contribution in [0.25, 0.3) is 0 Å². The summed E-state index contributed by atoms with van der Waals surface area (Å²) in [6.45, 7) is 0. The van der Waals surface area contributed by atoms with Gasteiger partial charge >= 0.3 is 0 Å². The molecule has 4 heteroatoms. The Morgan fingerprint density at radius 3 is 2.67 bits per heavy atom. The van der Waals surface area contributed by atoms with Gasteiger partial charge in [0.05, 0.1) is 6.20 Å². The minimum atomic E-state index is -0.553. The van der Waals surface area contributed by atoms with Crippen LogP contribution in [0, 0.1) is 0 Å². The summed E-state index contributed by atoms with van der Waals surface area (Å²) in [6.07, 6.45) is 4.22. The maximum absolute atomic E-state index is 10.3. The quantitative estimate of drug-likeness (QED) is 0.549. The molecule has 4 nitrogen and oxygen atoms in total. The first kappa shape index (κ1) is 5.68. The van der Waals surface area contributed by atoms with E-state index in [0.29, 0.717) is 0 Å². The predicted molar refractivity (Wildman–Crippen MR) is 30.5 cm³/mol. The Balaban J connectivity index is 2.98. The molecule has 0 aliphatic heterocycles. The van der Waals surface area contributed by atoms with Crippen molar-refractivity contribution in [3.05, 3.63) is 24.3 Å². The third kappa shape index (κ3) is 1.22. The van der Waals surface area contributed by atoms with Crippen molar-refractivity contribution >= 4 is 5.91 Å². The Morgan fingerprint density at radius 1 is 1.56 bits per heavy atom. The van der Waals surface area contributed by atoms with Gasteiger partial charge in [-0.15, -0.1) is 0 Å². The Hall–Kier alpha value is -1.45. The lowest BCUT2D eigenvalue weighted by Gasteiger charge is -1.87. The van der Waals surface area contributed by atoms with Crippen molar-refractivity contribution in [2.75, 3.05) is 0 Å². The highest BCUT2D eigenvalue weighted by Crippen LogP contribution is 1.84. The molecular weight excluding hydrogens is 117 g/mol. The molecule has 2 N–H and O–H groups in total. The van der Waals surface area contributed by atoms with E-state index in [4.69, 9.17) is 5.73 Å². The first-order chi connectivity index (χ1) is 4.30. The van der Waals surface area contributed by atoms with E-state index in [-0.39, 0.29) is 5.69 Å². The van der Waals surface area contributed by atoms with Gasteiger partial charge in [0.1, 0.15) is 5.69 Å². The summed E-state index contributed by atoms with van der Waals surface area (Å²) >= 11 is 0. The van der Waals surface area contributed by atoms with Gasteiger partial charge in [-0.3, -0.25) is 9.78 Å². The van der Waals surface area contributed by atoms with Crippen molar-refractivity contribution in [2.24, 2.45) is 5.73 Å². The lowest BCUT2D eigenvalue weighted by atomic mass is 10.00. The van der Waals surface area contributed by atoms with Gasteiger partial charge in [-0.2, -0.15) is 0 Å². The summed E-state index contributed by atoms with van der Waals surface area (Å²) in [4.78, 5) is 17.6. The van der Waals surface area contributed by atoms with Crippen LogP contribution in [0.2, 0.25) is 0 Å². The molecule has 1 aromatic heterocycles. The number of hydrogen-bond acceptors (Lipinski definition) is 3. The van der Waals surface area contributed by atoms with Crippen LogP contribution in [-0.2, 0) is 0 Å². The molecule has 0 saturated heterocycles. The zero-order chi connectivity index (χ0) is 6.69. The molecule has 1 heterocycles. The Bertz CT molecular complexity index is 209. The van der Waals surface area contributed by atoms with Crippen molar-refractivity contribution in [3.8, 4) is 0 Å². The topological polar surface area (TPSA) is 68.9 Å². The average Bonchev–Trinajstić information content (AvgIpc) is 1.90. The molecule has 0 aliphatic carbocycles. The molecule has 0 radical (unpaired) electrons. The average molecular weight is 122 g/mol. The van der Waals surface area contributed by atoms with E-state index in [9.17, 15) is 4.79 Å². The van der Waals surface area contributed by atoms with E-state index in [1.807, 2.05) is 0 Å². The van der Waals surface area contributed by atoms with Crippen molar-refractivity contribution < 1.29 is 4.79 Å². The van der Waals surface area contributed by atoms with E-state index in [1.54, 1.807) is 0 Å². The highest BCUT2D eigenvalue weighted by molar-refractivity contribution is 5.90. The molecular formula is C5H5N3O. The molecule has 0 bridgehead atoms. The number of hydrogen-bond donors (Lipinski definition) is 1. The molecule has 46 valence electrons. The second-order valence-corrected chi connectivity index (χ2v) is 1.45. The molecule has 1 rings (SSSR count). The first-order valence-corrected chi connectivity index (χ1v) is 2.36. The second-order valence-electron chi connectivity index (χ2n) is 1.45. The van der Waals surface area contributed by atoms with Crippen LogP contribution in [0.15, 0.2) is 18.6 Å². The molecule has 0 atom stereocenters. The van der Waals surface area contributed by atoms with Crippen molar-refractivity contribution in [1.82, 2.24) is 9.97 Å². The van der Waals surface area contributed by atoms with E-state index in [0.717, 1.165) is 0 Å². The standard InChI is InChI=1S/C5H5N3O/c6-5(9)4-3-7-1-2-8-4/h1-3H,(H2,6,9)/i5-1. The highest BCUT2D eigenvalue weighted by Gasteiger charge is 1.97. The second kappa shape index (κ2) is 2.21. The molecule has 1 amide bonds. The normalized spacial score (nSPS) is 8.89. The Labute approximate surface area is 51.7 Å². The number of rotatable bonds is 1. The van der Waals surface area contributed by atoms with Crippen LogP contribution in [0.1, 0.15) is 10.5 Å². The highest BCUT2D eigenvalue weighted by atomic mass is 16.1. The number of nitrogens with two attached hydrogens (primary N) is 1. The molecule has 0 aliphatic rings. The van der Waals surface area contributed by atoms with Crippen LogP contribution >= 0.6 is 0 Å². The monoisotopic (exact) mass is 122 g/mol. The van der Waals surface area contributed by atoms with Gasteiger partial charge in [0.25, 0.3) is 5.91 Å². The number of aromatic nitrogens is 2. The van der Waals surface area contributed by atoms with Crippen LogP contribution in [-0.4, -0.2) is 15.9 Å². The summed E-state index contributed by atoms with van der Waals surface area (Å²) < 4.78 is 0. The number of primary amides is 1. The number of amides is 1. The Kier molecular flexibility index (Phi) is 1.40. The lowest BCUT2D eigenvalue weighted by Crippen LogP contribution is -2.12. The fourth-order valence-electron chi connectivity index (χ4n) is 0.426. The fourth-order valence-corrected chi connectivity index (χ4v) is 0.426. The first-order valence-electron chi connectivity index (χ1n) is 2.36. The van der Waals surface area contributed by atoms with Gasteiger partial charge in [0.2, 0.25) is 0 Å². The number of carbonyl (C=O) groups is 1. The molecule has 0 fully saturated rings.